The van der Waals surface area contributed by atoms with E-state index in [2.05, 4.69) is 15.4 Å². The molecule has 0 spiro atoms. The van der Waals surface area contributed by atoms with Crippen LogP contribution in [-0.4, -0.2) is 20.7 Å². The minimum absolute atomic E-state index is 0.212. The molecule has 1 amide bonds. The number of carbonyl (C=O) groups is 1. The van der Waals surface area contributed by atoms with Crippen molar-refractivity contribution < 1.29 is 4.79 Å². The van der Waals surface area contributed by atoms with Gasteiger partial charge in [-0.2, -0.15) is 5.10 Å². The van der Waals surface area contributed by atoms with Crippen molar-refractivity contribution in [1.29, 1.82) is 0 Å². The van der Waals surface area contributed by atoms with Gasteiger partial charge >= 0.3 is 0 Å². The van der Waals surface area contributed by atoms with Crippen molar-refractivity contribution in [2.75, 3.05) is 5.32 Å². The Bertz CT molecular complexity index is 501. The molecule has 2 heterocycles. The first-order valence-electron chi connectivity index (χ1n) is 4.89. The van der Waals surface area contributed by atoms with E-state index in [9.17, 15) is 4.79 Å². The molecule has 0 bridgehead atoms. The Morgan fingerprint density at radius 1 is 1.38 bits per heavy atom. The van der Waals surface area contributed by atoms with Crippen molar-refractivity contribution >= 4 is 11.7 Å². The second kappa shape index (κ2) is 4.14. The molecule has 82 valence electrons. The first-order chi connectivity index (χ1) is 7.66. The molecule has 2 rings (SSSR count). The highest BCUT2D eigenvalue weighted by Crippen LogP contribution is 2.06. The highest BCUT2D eigenvalue weighted by Gasteiger charge is 2.09. The molecule has 2 aromatic heterocycles. The molecule has 5 nitrogen and oxygen atoms in total. The molecule has 0 saturated carbocycles. The van der Waals surface area contributed by atoms with Crippen LogP contribution in [0.4, 0.5) is 5.82 Å². The van der Waals surface area contributed by atoms with Crippen LogP contribution in [0.2, 0.25) is 0 Å². The Kier molecular flexibility index (Phi) is 2.68. The smallest absolute Gasteiger partial charge is 0.275 e. The van der Waals surface area contributed by atoms with E-state index in [1.54, 1.807) is 31.6 Å². The van der Waals surface area contributed by atoms with E-state index in [-0.39, 0.29) is 5.91 Å². The first-order valence-corrected chi connectivity index (χ1v) is 4.89. The van der Waals surface area contributed by atoms with Crippen LogP contribution in [0.5, 0.6) is 0 Å². The number of hydrogen-bond donors (Lipinski definition) is 1. The van der Waals surface area contributed by atoms with Crippen molar-refractivity contribution in [3.05, 3.63) is 41.9 Å². The molecule has 0 unspecified atom stereocenters. The number of rotatable bonds is 2. The van der Waals surface area contributed by atoms with E-state index in [1.165, 1.54) is 4.68 Å². The summed E-state index contributed by atoms with van der Waals surface area (Å²) in [7, 11) is 1.72. The molecule has 2 aromatic rings. The van der Waals surface area contributed by atoms with E-state index < -0.39 is 0 Å². The van der Waals surface area contributed by atoms with E-state index in [0.29, 0.717) is 11.5 Å². The Hall–Kier alpha value is -2.17. The Labute approximate surface area is 93.1 Å². The maximum absolute atomic E-state index is 11.8. The normalized spacial score (nSPS) is 10.1. The molecule has 0 fully saturated rings. The summed E-state index contributed by atoms with van der Waals surface area (Å²) in [6.45, 7) is 1.94. The number of nitrogens with one attached hydrogen (secondary N) is 1. The van der Waals surface area contributed by atoms with Crippen LogP contribution >= 0.6 is 0 Å². The van der Waals surface area contributed by atoms with Gasteiger partial charge < -0.3 is 5.32 Å². The topological polar surface area (TPSA) is 59.8 Å². The molecule has 16 heavy (non-hydrogen) atoms. The lowest BCUT2D eigenvalue weighted by molar-refractivity contribution is 0.101. The van der Waals surface area contributed by atoms with Crippen molar-refractivity contribution in [3.8, 4) is 0 Å². The van der Waals surface area contributed by atoms with Gasteiger partial charge in [-0.25, -0.2) is 4.98 Å². The van der Waals surface area contributed by atoms with Crippen LogP contribution in [-0.2, 0) is 7.05 Å². The number of nitrogens with zero attached hydrogens (tertiary/aromatic N) is 3. The van der Waals surface area contributed by atoms with Crippen LogP contribution in [0.3, 0.4) is 0 Å². The molecular formula is C11H12N4O. The third-order valence-electron chi connectivity index (χ3n) is 2.21. The SMILES string of the molecule is Cc1ccc(NC(=O)c2ccnn2C)nc1. The zero-order valence-corrected chi connectivity index (χ0v) is 9.14. The standard InChI is InChI=1S/C11H12N4O/c1-8-3-4-10(12-7-8)14-11(16)9-5-6-13-15(9)2/h3-7H,1-2H3,(H,12,14,16). The maximum Gasteiger partial charge on any atom is 0.275 e. The van der Waals surface area contributed by atoms with Crippen molar-refractivity contribution in [3.63, 3.8) is 0 Å². The van der Waals surface area contributed by atoms with E-state index >= 15 is 0 Å². The highest BCUT2D eigenvalue weighted by atomic mass is 16.2. The fourth-order valence-corrected chi connectivity index (χ4v) is 1.32. The van der Waals surface area contributed by atoms with Gasteiger partial charge in [-0.05, 0) is 24.6 Å². The number of aromatic nitrogens is 3. The maximum atomic E-state index is 11.8. The summed E-state index contributed by atoms with van der Waals surface area (Å²) >= 11 is 0. The summed E-state index contributed by atoms with van der Waals surface area (Å²) in [6, 6.07) is 5.32. The summed E-state index contributed by atoms with van der Waals surface area (Å²) < 4.78 is 1.52. The van der Waals surface area contributed by atoms with Gasteiger partial charge in [-0.1, -0.05) is 6.07 Å². The molecular weight excluding hydrogens is 204 g/mol. The number of hydrogen-bond acceptors (Lipinski definition) is 3. The van der Waals surface area contributed by atoms with E-state index in [0.717, 1.165) is 5.56 Å². The largest absolute Gasteiger partial charge is 0.305 e. The molecule has 0 aliphatic heterocycles. The number of aryl methyl sites for hydroxylation is 2. The average molecular weight is 216 g/mol. The molecule has 5 heteroatoms. The van der Waals surface area contributed by atoms with Gasteiger partial charge in [0, 0.05) is 19.4 Å². The third-order valence-corrected chi connectivity index (χ3v) is 2.21. The summed E-state index contributed by atoms with van der Waals surface area (Å²) in [5.74, 6) is 0.327. The number of amides is 1. The van der Waals surface area contributed by atoms with Crippen LogP contribution in [0.1, 0.15) is 16.1 Å². The van der Waals surface area contributed by atoms with Gasteiger partial charge in [0.05, 0.1) is 0 Å². The van der Waals surface area contributed by atoms with Gasteiger partial charge in [-0.15, -0.1) is 0 Å². The molecule has 0 aliphatic carbocycles. The minimum Gasteiger partial charge on any atom is -0.305 e. The van der Waals surface area contributed by atoms with Crippen LogP contribution in [0.15, 0.2) is 30.6 Å². The van der Waals surface area contributed by atoms with Crippen molar-refractivity contribution in [2.24, 2.45) is 7.05 Å². The zero-order chi connectivity index (χ0) is 11.5. The van der Waals surface area contributed by atoms with Crippen molar-refractivity contribution in [2.45, 2.75) is 6.92 Å². The second-order valence-electron chi connectivity index (χ2n) is 3.51. The summed E-state index contributed by atoms with van der Waals surface area (Å²) in [5.41, 5.74) is 1.56. The van der Waals surface area contributed by atoms with Crippen molar-refractivity contribution in [1.82, 2.24) is 14.8 Å². The molecule has 0 aliphatic rings. The Balaban J connectivity index is 2.14. The average Bonchev–Trinajstić information content (AvgIpc) is 2.68. The number of pyridine rings is 1. The van der Waals surface area contributed by atoms with Gasteiger partial charge in [0.15, 0.2) is 0 Å². The Morgan fingerprint density at radius 2 is 2.19 bits per heavy atom. The lowest BCUT2D eigenvalue weighted by Gasteiger charge is -2.04. The minimum atomic E-state index is -0.212. The Morgan fingerprint density at radius 3 is 2.75 bits per heavy atom. The summed E-state index contributed by atoms with van der Waals surface area (Å²) in [6.07, 6.45) is 3.29. The second-order valence-corrected chi connectivity index (χ2v) is 3.51. The summed E-state index contributed by atoms with van der Waals surface area (Å²) in [5, 5.41) is 6.63. The molecule has 0 saturated heterocycles. The van der Waals surface area contributed by atoms with E-state index in [1.807, 2.05) is 13.0 Å². The van der Waals surface area contributed by atoms with Gasteiger partial charge in [0.2, 0.25) is 0 Å². The third kappa shape index (κ3) is 2.08. The van der Waals surface area contributed by atoms with Gasteiger partial charge in [-0.3, -0.25) is 9.48 Å². The van der Waals surface area contributed by atoms with Crippen LogP contribution in [0, 0.1) is 6.92 Å². The van der Waals surface area contributed by atoms with Crippen LogP contribution < -0.4 is 5.32 Å². The monoisotopic (exact) mass is 216 g/mol. The van der Waals surface area contributed by atoms with Gasteiger partial charge in [0.25, 0.3) is 5.91 Å². The van der Waals surface area contributed by atoms with Crippen LogP contribution in [0.25, 0.3) is 0 Å². The van der Waals surface area contributed by atoms with E-state index in [4.69, 9.17) is 0 Å². The fourth-order valence-electron chi connectivity index (χ4n) is 1.32. The predicted octanol–water partition coefficient (Wildman–Crippen LogP) is 1.38. The number of carbonyl (C=O) groups excluding carboxylic acids is 1. The number of anilines is 1. The lowest BCUT2D eigenvalue weighted by Crippen LogP contribution is -2.16. The summed E-state index contributed by atoms with van der Waals surface area (Å²) in [4.78, 5) is 15.9. The zero-order valence-electron chi connectivity index (χ0n) is 9.14. The fraction of sp³-hybridized carbons (Fsp3) is 0.182. The molecule has 0 radical (unpaired) electrons. The molecule has 0 aromatic carbocycles. The predicted molar refractivity (Wildman–Crippen MR) is 60.1 cm³/mol. The molecule has 1 N–H and O–H groups in total. The first kappa shape index (κ1) is 10.4. The lowest BCUT2D eigenvalue weighted by atomic mass is 10.3. The molecule has 0 atom stereocenters. The quantitative estimate of drug-likeness (QED) is 0.824. The van der Waals surface area contributed by atoms with Gasteiger partial charge in [0.1, 0.15) is 11.5 Å². The highest BCUT2D eigenvalue weighted by molar-refractivity contribution is 6.02.